The molecule has 0 spiro atoms. The summed E-state index contributed by atoms with van der Waals surface area (Å²) in [6, 6.07) is 0. The van der Waals surface area contributed by atoms with Crippen molar-refractivity contribution < 1.29 is 35.0 Å². The second kappa shape index (κ2) is 13.8. The van der Waals surface area contributed by atoms with Crippen LogP contribution in [0.4, 0.5) is 0 Å². The summed E-state index contributed by atoms with van der Waals surface area (Å²) in [6.07, 6.45) is 4.15. The molecule has 0 aromatic rings. The fraction of sp³-hybridized carbons (Fsp3) is 1.00. The Balaban J connectivity index is 2.00. The molecule has 1 fully saturated rings. The standard InChI is InChI=1S/C19H38O7/c1-2-3-4-5-6-7-8-9-10-11-12-13-25-19(24)17-15(21)14(20)16(22)18(23)26-17/h14-24H,2-13H2,1H3/t14-,15-,16+,17-,18-,19?/m0/s1. The first-order chi connectivity index (χ1) is 12.5. The van der Waals surface area contributed by atoms with Crippen molar-refractivity contribution in [3.8, 4) is 0 Å². The lowest BCUT2D eigenvalue weighted by atomic mass is 9.98. The van der Waals surface area contributed by atoms with E-state index in [-0.39, 0.29) is 0 Å². The van der Waals surface area contributed by atoms with E-state index in [2.05, 4.69) is 6.92 Å². The zero-order valence-corrected chi connectivity index (χ0v) is 16.0. The summed E-state index contributed by atoms with van der Waals surface area (Å²) in [7, 11) is 0. The van der Waals surface area contributed by atoms with Crippen LogP contribution in [0.25, 0.3) is 0 Å². The van der Waals surface area contributed by atoms with Crippen molar-refractivity contribution in [2.75, 3.05) is 6.61 Å². The largest absolute Gasteiger partial charge is 0.387 e. The number of unbranched alkanes of at least 4 members (excludes halogenated alkanes) is 10. The smallest absolute Gasteiger partial charge is 0.184 e. The molecule has 0 radical (unpaired) electrons. The van der Waals surface area contributed by atoms with Crippen LogP contribution in [0.1, 0.15) is 77.6 Å². The summed E-state index contributed by atoms with van der Waals surface area (Å²) >= 11 is 0. The van der Waals surface area contributed by atoms with Gasteiger partial charge in [0.2, 0.25) is 0 Å². The number of hydrogen-bond donors (Lipinski definition) is 5. The van der Waals surface area contributed by atoms with E-state index in [1.54, 1.807) is 0 Å². The van der Waals surface area contributed by atoms with Gasteiger partial charge < -0.3 is 35.0 Å². The lowest BCUT2D eigenvalue weighted by Gasteiger charge is -2.39. The van der Waals surface area contributed by atoms with Crippen molar-refractivity contribution in [1.29, 1.82) is 0 Å². The van der Waals surface area contributed by atoms with Crippen LogP contribution in [0.2, 0.25) is 0 Å². The molecule has 1 aliphatic rings. The molecule has 5 N–H and O–H groups in total. The Morgan fingerprint density at radius 3 is 1.77 bits per heavy atom. The third-order valence-corrected chi connectivity index (χ3v) is 4.94. The Labute approximate surface area is 157 Å². The second-order valence-corrected chi connectivity index (χ2v) is 7.26. The summed E-state index contributed by atoms with van der Waals surface area (Å²) in [5.41, 5.74) is 0. The summed E-state index contributed by atoms with van der Waals surface area (Å²) in [4.78, 5) is 0. The predicted octanol–water partition coefficient (Wildman–Crippen LogP) is 1.43. The van der Waals surface area contributed by atoms with E-state index in [0.29, 0.717) is 6.61 Å². The van der Waals surface area contributed by atoms with E-state index >= 15 is 0 Å². The molecule has 0 aromatic heterocycles. The Bertz CT molecular complexity index is 342. The molecule has 156 valence electrons. The first-order valence-electron chi connectivity index (χ1n) is 10.2. The number of rotatable bonds is 14. The molecule has 1 rings (SSSR count). The zero-order chi connectivity index (χ0) is 19.4. The van der Waals surface area contributed by atoms with Crippen LogP contribution in [-0.2, 0) is 9.47 Å². The maximum atomic E-state index is 9.92. The van der Waals surface area contributed by atoms with Crippen LogP contribution in [0.15, 0.2) is 0 Å². The van der Waals surface area contributed by atoms with Gasteiger partial charge in [0, 0.05) is 6.61 Å². The van der Waals surface area contributed by atoms with Gasteiger partial charge in [0.05, 0.1) is 0 Å². The van der Waals surface area contributed by atoms with Gasteiger partial charge in [-0.3, -0.25) is 0 Å². The Hall–Kier alpha value is -0.280. The van der Waals surface area contributed by atoms with E-state index in [0.717, 1.165) is 19.3 Å². The van der Waals surface area contributed by atoms with Crippen LogP contribution in [0.5, 0.6) is 0 Å². The number of ether oxygens (including phenoxy) is 2. The normalized spacial score (nSPS) is 30.5. The number of aliphatic hydroxyl groups excluding tert-OH is 5. The van der Waals surface area contributed by atoms with Crippen molar-refractivity contribution >= 4 is 0 Å². The highest BCUT2D eigenvalue weighted by molar-refractivity contribution is 4.89. The summed E-state index contributed by atoms with van der Waals surface area (Å²) in [6.45, 7) is 2.53. The van der Waals surface area contributed by atoms with Gasteiger partial charge in [-0.05, 0) is 6.42 Å². The average Bonchev–Trinajstić information content (AvgIpc) is 2.63. The fourth-order valence-corrected chi connectivity index (χ4v) is 3.19. The summed E-state index contributed by atoms with van der Waals surface area (Å²) in [5.74, 6) is 0. The molecular weight excluding hydrogens is 340 g/mol. The van der Waals surface area contributed by atoms with Crippen LogP contribution in [0, 0.1) is 0 Å². The Morgan fingerprint density at radius 2 is 1.23 bits per heavy atom. The third kappa shape index (κ3) is 8.61. The van der Waals surface area contributed by atoms with Crippen molar-refractivity contribution in [3.05, 3.63) is 0 Å². The molecule has 7 heteroatoms. The quantitative estimate of drug-likeness (QED) is 0.229. The highest BCUT2D eigenvalue weighted by Crippen LogP contribution is 2.22. The fourth-order valence-electron chi connectivity index (χ4n) is 3.19. The van der Waals surface area contributed by atoms with E-state index in [1.165, 1.54) is 51.4 Å². The molecule has 1 heterocycles. The number of aliphatic hydroxyl groups is 5. The van der Waals surface area contributed by atoms with Gasteiger partial charge in [-0.15, -0.1) is 0 Å². The van der Waals surface area contributed by atoms with E-state index < -0.39 is 37.0 Å². The van der Waals surface area contributed by atoms with Gasteiger partial charge in [-0.25, -0.2) is 0 Å². The molecule has 7 nitrogen and oxygen atoms in total. The zero-order valence-electron chi connectivity index (χ0n) is 16.0. The van der Waals surface area contributed by atoms with Crippen LogP contribution in [-0.4, -0.2) is 69.1 Å². The van der Waals surface area contributed by atoms with Crippen molar-refractivity contribution in [2.45, 2.75) is 115 Å². The second-order valence-electron chi connectivity index (χ2n) is 7.26. The summed E-state index contributed by atoms with van der Waals surface area (Å²) < 4.78 is 10.2. The maximum Gasteiger partial charge on any atom is 0.184 e. The molecule has 0 bridgehead atoms. The Morgan fingerprint density at radius 1 is 0.731 bits per heavy atom. The van der Waals surface area contributed by atoms with Crippen molar-refractivity contribution in [2.24, 2.45) is 0 Å². The molecule has 1 aliphatic heterocycles. The van der Waals surface area contributed by atoms with Crippen LogP contribution < -0.4 is 0 Å². The van der Waals surface area contributed by atoms with Gasteiger partial charge in [-0.1, -0.05) is 71.1 Å². The first kappa shape index (κ1) is 23.8. The van der Waals surface area contributed by atoms with Crippen molar-refractivity contribution in [3.63, 3.8) is 0 Å². The SMILES string of the molecule is CCCCCCCCCCCCCOC(O)[C@H]1O[C@H](O)[C@H](O)[C@@H](O)[C@@H]1O. The molecule has 1 saturated heterocycles. The molecule has 26 heavy (non-hydrogen) atoms. The van der Waals surface area contributed by atoms with E-state index in [4.69, 9.17) is 9.47 Å². The van der Waals surface area contributed by atoms with Gasteiger partial charge in [0.25, 0.3) is 0 Å². The van der Waals surface area contributed by atoms with Gasteiger partial charge >= 0.3 is 0 Å². The molecule has 6 atom stereocenters. The van der Waals surface area contributed by atoms with Crippen molar-refractivity contribution in [1.82, 2.24) is 0 Å². The van der Waals surface area contributed by atoms with Crippen LogP contribution >= 0.6 is 0 Å². The molecule has 0 aliphatic carbocycles. The van der Waals surface area contributed by atoms with Gasteiger partial charge in [-0.2, -0.15) is 0 Å². The number of hydrogen-bond acceptors (Lipinski definition) is 7. The minimum atomic E-state index is -1.67. The summed E-state index contributed by atoms with van der Waals surface area (Å²) in [5, 5.41) is 48.2. The maximum absolute atomic E-state index is 9.92. The molecule has 0 amide bonds. The Kier molecular flexibility index (Phi) is 12.6. The molecule has 0 aromatic carbocycles. The highest BCUT2D eigenvalue weighted by atomic mass is 16.7. The monoisotopic (exact) mass is 378 g/mol. The average molecular weight is 379 g/mol. The molecule has 0 saturated carbocycles. The van der Waals surface area contributed by atoms with E-state index in [9.17, 15) is 25.5 Å². The molecular formula is C19H38O7. The lowest BCUT2D eigenvalue weighted by Crippen LogP contribution is -2.60. The topological polar surface area (TPSA) is 120 Å². The lowest BCUT2D eigenvalue weighted by molar-refractivity contribution is -0.323. The minimum absolute atomic E-state index is 0.305. The van der Waals surface area contributed by atoms with E-state index in [1.807, 2.05) is 0 Å². The molecule has 1 unspecified atom stereocenters. The highest BCUT2D eigenvalue weighted by Gasteiger charge is 2.46. The first-order valence-corrected chi connectivity index (χ1v) is 10.2. The van der Waals surface area contributed by atoms with Gasteiger partial charge in [0.1, 0.15) is 24.4 Å². The minimum Gasteiger partial charge on any atom is -0.387 e. The third-order valence-electron chi connectivity index (χ3n) is 4.94. The predicted molar refractivity (Wildman–Crippen MR) is 97.3 cm³/mol. The van der Waals surface area contributed by atoms with Crippen LogP contribution in [0.3, 0.4) is 0 Å². The van der Waals surface area contributed by atoms with Gasteiger partial charge in [0.15, 0.2) is 12.6 Å².